The van der Waals surface area contributed by atoms with Crippen LogP contribution in [-0.4, -0.2) is 288 Å². The van der Waals surface area contributed by atoms with Gasteiger partial charge in [0.15, 0.2) is 0 Å². The van der Waals surface area contributed by atoms with Crippen LogP contribution in [0.15, 0.2) is 273 Å². The zero-order valence-electron chi connectivity index (χ0n) is 91.3. The largest absolute Gasteiger partial charge is 0.373 e. The van der Waals surface area contributed by atoms with Crippen molar-refractivity contribution in [3.63, 3.8) is 0 Å². The highest BCUT2D eigenvalue weighted by molar-refractivity contribution is 7.99. The lowest BCUT2D eigenvalue weighted by Crippen LogP contribution is -2.38. The summed E-state index contributed by atoms with van der Waals surface area (Å²) in [6.45, 7) is 33.8. The molecular weight excluding hydrogens is 1910 g/mol. The van der Waals surface area contributed by atoms with Gasteiger partial charge in [0, 0.05) is 262 Å². The molecule has 0 aliphatic heterocycles. The molecule has 0 heterocycles. The minimum absolute atomic E-state index is 0.841. The summed E-state index contributed by atoms with van der Waals surface area (Å²) in [4.78, 5) is 17.2. The molecule has 13 rings (SSSR count). The molecule has 4 saturated carbocycles. The van der Waals surface area contributed by atoms with Gasteiger partial charge in [-0.05, 0) is 168 Å². The maximum atomic E-state index is 3.58. The van der Waals surface area contributed by atoms with Crippen molar-refractivity contribution in [1.82, 2.24) is 66.6 Å². The molecule has 4 aliphatic rings. The second kappa shape index (κ2) is 89.2. The van der Waals surface area contributed by atoms with Gasteiger partial charge in [-0.25, -0.2) is 0 Å². The molecule has 0 unspecified atom stereocenters. The van der Waals surface area contributed by atoms with Gasteiger partial charge in [0.25, 0.3) is 0 Å². The van der Waals surface area contributed by atoms with Crippen LogP contribution in [0.4, 0.5) is 5.69 Å². The fourth-order valence-corrected chi connectivity index (χ4v) is 24.3. The van der Waals surface area contributed by atoms with E-state index in [2.05, 4.69) is 401 Å². The van der Waals surface area contributed by atoms with Crippen LogP contribution in [0.1, 0.15) is 174 Å². The third-order valence-electron chi connectivity index (χ3n) is 27.1. The topological polar surface area (TPSA) is 107 Å². The molecular formula is C124H196N14S7. The van der Waals surface area contributed by atoms with Gasteiger partial charge in [0.2, 0.25) is 0 Å². The van der Waals surface area contributed by atoms with Crippen LogP contribution >= 0.6 is 82.3 Å². The van der Waals surface area contributed by atoms with Crippen molar-refractivity contribution in [1.29, 1.82) is 0 Å². The van der Waals surface area contributed by atoms with Gasteiger partial charge in [0.05, 0.1) is 0 Å². The SMILES string of the molecule is CCN(CC)CCNCCSCc1ccccc1.CN(CCNCCSCc1ccccc1)C1CCCC1.CN(CCNCCSCc1ccccc1)C1CCCCC1.CN(CCNCCSCc1ccccc1)CC1CCCC1.CN(CCNCCSCc1ccccc1)CC1CCCCC1.CN(CCNCCSCc1ccccc1)Cc1ccccc1.CN(CCNCCSCc1ccccc1)c1ccccc1. The van der Waals surface area contributed by atoms with Gasteiger partial charge < -0.3 is 71.5 Å². The van der Waals surface area contributed by atoms with Crippen LogP contribution in [-0.2, 0) is 46.8 Å². The quantitative estimate of drug-likeness (QED) is 0.0184. The normalized spacial score (nSPS) is 13.9. The second-order valence-electron chi connectivity index (χ2n) is 39.4. The van der Waals surface area contributed by atoms with Crippen molar-refractivity contribution in [3.05, 3.63) is 317 Å². The monoisotopic (exact) mass is 2110 g/mol. The average molecular weight is 2110 g/mol. The summed E-state index contributed by atoms with van der Waals surface area (Å²) in [5, 5.41) is 24.8. The van der Waals surface area contributed by atoms with E-state index in [-0.39, 0.29) is 0 Å². The highest BCUT2D eigenvalue weighted by atomic mass is 32.2. The zero-order chi connectivity index (χ0) is 102. The van der Waals surface area contributed by atoms with Crippen LogP contribution < -0.4 is 42.1 Å². The van der Waals surface area contributed by atoms with Gasteiger partial charge in [-0.1, -0.05) is 339 Å². The number of hydrogen-bond acceptors (Lipinski definition) is 21. The average Bonchev–Trinajstić information content (AvgIpc) is 1.34. The molecule has 4 fully saturated rings. The van der Waals surface area contributed by atoms with Gasteiger partial charge in [0.1, 0.15) is 0 Å². The predicted molar refractivity (Wildman–Crippen MR) is 657 cm³/mol. The smallest absolute Gasteiger partial charge is 0.0364 e. The Morgan fingerprint density at radius 3 is 0.703 bits per heavy atom. The number of nitrogens with one attached hydrogen (secondary N) is 7. The van der Waals surface area contributed by atoms with E-state index in [0.29, 0.717) is 0 Å². The Balaban J connectivity index is 0.000000230. The summed E-state index contributed by atoms with van der Waals surface area (Å²) in [6.07, 6.45) is 25.9. The Hall–Kier alpha value is -5.29. The van der Waals surface area contributed by atoms with Crippen molar-refractivity contribution in [2.24, 2.45) is 11.8 Å². The number of rotatable bonds is 67. The van der Waals surface area contributed by atoms with E-state index in [4.69, 9.17) is 0 Å². The summed E-state index contributed by atoms with van der Waals surface area (Å²) in [6, 6.07) is 97.8. The first-order chi connectivity index (χ1) is 71.5. The summed E-state index contributed by atoms with van der Waals surface area (Å²) >= 11 is 14.0. The fraction of sp³-hybridized carbons (Fsp3) is 0.565. The Labute approximate surface area is 915 Å². The molecule has 7 N–H and O–H groups in total. The lowest BCUT2D eigenvalue weighted by molar-refractivity contribution is 0.193. The van der Waals surface area contributed by atoms with Crippen molar-refractivity contribution in [3.8, 4) is 0 Å². The minimum Gasteiger partial charge on any atom is -0.373 e. The molecule has 0 radical (unpaired) electrons. The van der Waals surface area contributed by atoms with E-state index in [1.807, 2.05) is 82.3 Å². The summed E-state index contributed by atoms with van der Waals surface area (Å²) in [5.41, 5.74) is 12.6. The Bertz CT molecular complexity index is 4250. The first-order valence-electron chi connectivity index (χ1n) is 55.7. The number of hydrogen-bond donors (Lipinski definition) is 7. The molecule has 0 spiro atoms. The molecule has 4 aliphatic carbocycles. The molecule has 9 aromatic rings. The second-order valence-corrected chi connectivity index (χ2v) is 47.1. The lowest BCUT2D eigenvalue weighted by atomic mass is 9.89. The van der Waals surface area contributed by atoms with Crippen LogP contribution in [0, 0.1) is 11.8 Å². The third-order valence-corrected chi connectivity index (χ3v) is 34.3. The first-order valence-corrected chi connectivity index (χ1v) is 63.8. The molecule has 0 bridgehead atoms. The Kier molecular flexibility index (Phi) is 77.9. The standard InChI is InChI=1S/C19H32N2S.C19H26N2S.C18H30N2S.C18H24N2S.C18H30N2S.C17H28N2S.C15H26N2S/c2*1-21(16-18-8-4-2-5-9-18)14-12-20-13-15-22-17-19-10-6-3-7-11-19;2*1-20(18-10-6-3-7-11-18)14-12-19-13-15-21-16-17-8-4-2-5-9-17;1-20(15-17-7-5-6-8-17)13-11-19-12-14-21-16-18-9-3-2-4-10-18;1-19(17-9-5-6-10-17)13-11-18-12-14-20-15-16-7-3-2-4-8-16;1-3-17(4-2)12-10-16-11-13-18-14-15-8-6-5-7-9-15/h3,6-7,10-11,18,20H,2,4-5,8-9,12-17H2,1H3;2-11,20H,12-17H2,1H3;2,4-5,8-9,18-19H,3,6-7,10-16H2,1H3;2-11,19H,12-16H2,1H3;2-4,9-10,17,19H,5-8,11-16H2,1H3;2-4,7-8,17-18H,5-6,9-15H2,1H3;5-9,16H,3-4,10-14H2,1-2H3. The number of anilines is 1. The molecule has 21 heteroatoms. The van der Waals surface area contributed by atoms with Crippen molar-refractivity contribution < 1.29 is 0 Å². The maximum Gasteiger partial charge on any atom is 0.0364 e. The summed E-state index contributed by atoms with van der Waals surface area (Å²) in [5.74, 6) is 18.1. The number of likely N-dealkylation sites (N-methyl/N-ethyl adjacent to an activating group) is 7. The van der Waals surface area contributed by atoms with Crippen LogP contribution in [0.3, 0.4) is 0 Å². The van der Waals surface area contributed by atoms with Gasteiger partial charge >= 0.3 is 0 Å². The number of thioether (sulfide) groups is 7. The highest BCUT2D eigenvalue weighted by Gasteiger charge is 2.21. The Morgan fingerprint density at radius 1 is 0.221 bits per heavy atom. The van der Waals surface area contributed by atoms with E-state index in [1.54, 1.807) is 0 Å². The van der Waals surface area contributed by atoms with E-state index < -0.39 is 0 Å². The van der Waals surface area contributed by atoms with Crippen molar-refractivity contribution in [2.45, 2.75) is 188 Å². The van der Waals surface area contributed by atoms with Crippen LogP contribution in [0.5, 0.6) is 0 Å². The molecule has 0 amide bonds. The van der Waals surface area contributed by atoms with Gasteiger partial charge in [-0.3, -0.25) is 0 Å². The van der Waals surface area contributed by atoms with Crippen LogP contribution in [0.25, 0.3) is 0 Å². The Morgan fingerprint density at radius 2 is 0.434 bits per heavy atom. The van der Waals surface area contributed by atoms with Crippen molar-refractivity contribution >= 4 is 88.0 Å². The minimum atomic E-state index is 0.841. The molecule has 0 saturated heterocycles. The summed E-state index contributed by atoms with van der Waals surface area (Å²) in [7, 11) is 13.4. The van der Waals surface area contributed by atoms with Crippen molar-refractivity contribution in [2.75, 3.05) is 251 Å². The predicted octanol–water partition coefficient (Wildman–Crippen LogP) is 24.9. The van der Waals surface area contributed by atoms with E-state index >= 15 is 0 Å². The molecule has 14 nitrogen and oxygen atoms in total. The summed E-state index contributed by atoms with van der Waals surface area (Å²) < 4.78 is 0. The number of benzene rings is 9. The number of nitrogens with zero attached hydrogens (tertiary/aromatic N) is 7. The highest BCUT2D eigenvalue weighted by Crippen LogP contribution is 2.28. The molecule has 9 aromatic carbocycles. The molecule has 804 valence electrons. The molecule has 0 atom stereocenters. The first kappa shape index (κ1) is 127. The van der Waals surface area contributed by atoms with E-state index in [0.717, 1.165) is 207 Å². The lowest BCUT2D eigenvalue weighted by Gasteiger charge is -2.31. The maximum absolute atomic E-state index is 3.58. The van der Waals surface area contributed by atoms with Gasteiger partial charge in [-0.2, -0.15) is 82.3 Å². The van der Waals surface area contributed by atoms with E-state index in [9.17, 15) is 0 Å². The zero-order valence-corrected chi connectivity index (χ0v) is 97.0. The van der Waals surface area contributed by atoms with Crippen LogP contribution in [0.2, 0.25) is 0 Å². The van der Waals surface area contributed by atoms with E-state index in [1.165, 1.54) is 234 Å². The van der Waals surface area contributed by atoms with Gasteiger partial charge in [-0.15, -0.1) is 0 Å². The molecule has 0 aromatic heterocycles. The third kappa shape index (κ3) is 68.4. The number of para-hydroxylation sites is 1. The molecule has 145 heavy (non-hydrogen) atoms. The fourth-order valence-electron chi connectivity index (χ4n) is 18.2.